The third-order valence-corrected chi connectivity index (χ3v) is 8.02. The second kappa shape index (κ2) is 13.4. The van der Waals surface area contributed by atoms with E-state index in [1.165, 1.54) is 0 Å². The third kappa shape index (κ3) is 7.12. The van der Waals surface area contributed by atoms with Crippen LogP contribution < -0.4 is 10.1 Å². The van der Waals surface area contributed by atoms with Gasteiger partial charge in [-0.05, 0) is 59.2 Å². The number of halogens is 1. The number of ether oxygens (including phenoxy) is 1. The molecule has 7 nitrogen and oxygen atoms in total. The maximum absolute atomic E-state index is 13.8. The zero-order chi connectivity index (χ0) is 26.2. The van der Waals surface area contributed by atoms with E-state index in [9.17, 15) is 19.8 Å². The van der Waals surface area contributed by atoms with Crippen LogP contribution in [0.25, 0.3) is 0 Å². The van der Waals surface area contributed by atoms with E-state index < -0.39 is 18.2 Å². The van der Waals surface area contributed by atoms with Gasteiger partial charge in [0.15, 0.2) is 0 Å². The molecule has 0 radical (unpaired) electrons. The van der Waals surface area contributed by atoms with Crippen LogP contribution in [0.15, 0.2) is 66.2 Å². The lowest BCUT2D eigenvalue weighted by molar-refractivity contribution is -0.142. The maximum Gasteiger partial charge on any atom is 0.247 e. The van der Waals surface area contributed by atoms with E-state index in [0.29, 0.717) is 11.3 Å². The SMILES string of the molecule is O=C(NCCO)C1=C[C@H](Oc2ccccc2I)[C@@H](O)[C@H](N(C(=O)Cc2ccccc2)C2CCCCC2)C1. The summed E-state index contributed by atoms with van der Waals surface area (Å²) in [6, 6.07) is 16.5. The predicted molar refractivity (Wildman–Crippen MR) is 150 cm³/mol. The Morgan fingerprint density at radius 1 is 1.03 bits per heavy atom. The van der Waals surface area contributed by atoms with Crippen LogP contribution in [0.1, 0.15) is 44.1 Å². The molecule has 2 aromatic carbocycles. The zero-order valence-corrected chi connectivity index (χ0v) is 23.0. The quantitative estimate of drug-likeness (QED) is 0.373. The van der Waals surface area contributed by atoms with Crippen LogP contribution in [-0.2, 0) is 16.0 Å². The lowest BCUT2D eigenvalue weighted by atomic mass is 9.84. The van der Waals surface area contributed by atoms with Gasteiger partial charge in [0.2, 0.25) is 11.8 Å². The summed E-state index contributed by atoms with van der Waals surface area (Å²) in [4.78, 5) is 28.7. The van der Waals surface area contributed by atoms with Gasteiger partial charge in [-0.15, -0.1) is 0 Å². The Kier molecular flexibility index (Phi) is 9.99. The van der Waals surface area contributed by atoms with Crippen molar-refractivity contribution in [3.8, 4) is 5.75 Å². The summed E-state index contributed by atoms with van der Waals surface area (Å²) in [6.45, 7) is -0.0399. The summed E-state index contributed by atoms with van der Waals surface area (Å²) in [5.41, 5.74) is 1.37. The number of carbonyl (C=O) groups excluding carboxylic acids is 2. The van der Waals surface area contributed by atoms with Gasteiger partial charge in [-0.2, -0.15) is 0 Å². The Labute approximate surface area is 232 Å². The van der Waals surface area contributed by atoms with Crippen molar-refractivity contribution in [2.45, 2.75) is 69.2 Å². The van der Waals surface area contributed by atoms with Crippen LogP contribution in [0.4, 0.5) is 0 Å². The number of amides is 2. The lowest BCUT2D eigenvalue weighted by Gasteiger charge is -2.45. The van der Waals surface area contributed by atoms with Crippen molar-refractivity contribution >= 4 is 34.4 Å². The van der Waals surface area contributed by atoms with Crippen molar-refractivity contribution in [3.63, 3.8) is 0 Å². The highest BCUT2D eigenvalue weighted by molar-refractivity contribution is 14.1. The van der Waals surface area contributed by atoms with Crippen LogP contribution >= 0.6 is 22.6 Å². The highest BCUT2D eigenvalue weighted by Gasteiger charge is 2.43. The van der Waals surface area contributed by atoms with E-state index >= 15 is 0 Å². The molecule has 0 unspecified atom stereocenters. The first-order chi connectivity index (χ1) is 18.0. The fourth-order valence-electron chi connectivity index (χ4n) is 5.32. The summed E-state index contributed by atoms with van der Waals surface area (Å²) in [5.74, 6) is 0.243. The molecule has 0 saturated heterocycles. The number of aliphatic hydroxyl groups excluding tert-OH is 2. The Morgan fingerprint density at radius 2 is 1.73 bits per heavy atom. The normalized spacial score (nSPS) is 22.1. The lowest BCUT2D eigenvalue weighted by Crippen LogP contribution is -2.58. The second-order valence-electron chi connectivity index (χ2n) is 9.70. The summed E-state index contributed by atoms with van der Waals surface area (Å²) in [7, 11) is 0. The third-order valence-electron chi connectivity index (χ3n) is 7.13. The van der Waals surface area contributed by atoms with E-state index in [4.69, 9.17) is 4.74 Å². The summed E-state index contributed by atoms with van der Waals surface area (Å²) in [5, 5.41) is 23.6. The number of aliphatic hydroxyl groups is 2. The molecule has 0 heterocycles. The van der Waals surface area contributed by atoms with Crippen LogP contribution in [0.3, 0.4) is 0 Å². The van der Waals surface area contributed by atoms with Gasteiger partial charge < -0.3 is 25.2 Å². The molecular weight excluding hydrogens is 583 g/mol. The van der Waals surface area contributed by atoms with Crippen LogP contribution in [-0.4, -0.2) is 64.4 Å². The van der Waals surface area contributed by atoms with Crippen LogP contribution in [0.2, 0.25) is 0 Å². The van der Waals surface area contributed by atoms with E-state index in [1.807, 2.05) is 59.5 Å². The van der Waals surface area contributed by atoms with Gasteiger partial charge in [-0.3, -0.25) is 9.59 Å². The molecule has 0 spiro atoms. The molecule has 1 fully saturated rings. The van der Waals surface area contributed by atoms with Gasteiger partial charge in [-0.1, -0.05) is 61.7 Å². The number of hydrogen-bond donors (Lipinski definition) is 3. The summed E-state index contributed by atoms with van der Waals surface area (Å²) < 4.78 is 7.14. The number of nitrogens with one attached hydrogen (secondary N) is 1. The Balaban J connectivity index is 1.67. The smallest absolute Gasteiger partial charge is 0.247 e. The number of hydrogen-bond acceptors (Lipinski definition) is 5. The number of nitrogens with zero attached hydrogens (tertiary/aromatic N) is 1. The maximum atomic E-state index is 13.8. The van der Waals surface area contributed by atoms with Gasteiger partial charge >= 0.3 is 0 Å². The number of benzene rings is 2. The Hall–Kier alpha value is -2.43. The van der Waals surface area contributed by atoms with E-state index in [-0.39, 0.29) is 43.8 Å². The average molecular weight is 619 g/mol. The Morgan fingerprint density at radius 3 is 2.43 bits per heavy atom. The second-order valence-corrected chi connectivity index (χ2v) is 10.9. The minimum absolute atomic E-state index is 0.00183. The molecule has 3 atom stereocenters. The first-order valence-electron chi connectivity index (χ1n) is 13.0. The molecule has 198 valence electrons. The highest BCUT2D eigenvalue weighted by Crippen LogP contribution is 2.33. The van der Waals surface area contributed by atoms with E-state index in [2.05, 4.69) is 27.9 Å². The highest BCUT2D eigenvalue weighted by atomic mass is 127. The number of carbonyl (C=O) groups is 2. The fraction of sp³-hybridized carbons (Fsp3) is 0.448. The topological polar surface area (TPSA) is 99.1 Å². The molecule has 2 aromatic rings. The van der Waals surface area contributed by atoms with E-state index in [0.717, 1.165) is 41.2 Å². The minimum atomic E-state index is -1.01. The summed E-state index contributed by atoms with van der Waals surface area (Å²) in [6.07, 6.45) is 5.26. The van der Waals surface area contributed by atoms with Crippen molar-refractivity contribution in [2.24, 2.45) is 0 Å². The molecule has 2 amide bonds. The van der Waals surface area contributed by atoms with Crippen molar-refractivity contribution in [1.29, 1.82) is 0 Å². The Bertz CT molecular complexity index is 1090. The zero-order valence-electron chi connectivity index (χ0n) is 20.9. The minimum Gasteiger partial charge on any atom is -0.482 e. The van der Waals surface area contributed by atoms with Crippen molar-refractivity contribution in [3.05, 3.63) is 75.4 Å². The first kappa shape index (κ1) is 27.6. The molecular formula is C29H35IN2O5. The molecule has 1 saturated carbocycles. The molecule has 0 aliphatic heterocycles. The van der Waals surface area contributed by atoms with Gasteiger partial charge in [0.05, 0.1) is 22.6 Å². The standard InChI is InChI=1S/C29H35IN2O5/c30-23-13-7-8-14-25(23)37-26-19-21(29(36)31-15-16-33)18-24(28(26)35)32(22-11-5-2-6-12-22)27(34)17-20-9-3-1-4-10-20/h1,3-4,7-10,13-14,19,22,24,26,28,33,35H,2,5-6,11-12,15-18H2,(H,31,36)/t24-,26+,28+/m1/s1. The molecule has 37 heavy (non-hydrogen) atoms. The molecule has 0 bridgehead atoms. The molecule has 2 aliphatic rings. The first-order valence-corrected chi connectivity index (χ1v) is 14.1. The van der Waals surface area contributed by atoms with Gasteiger partial charge in [0.1, 0.15) is 18.0 Å². The molecule has 4 rings (SSSR count). The molecule has 8 heteroatoms. The van der Waals surface area contributed by atoms with Crippen LogP contribution in [0.5, 0.6) is 5.75 Å². The summed E-state index contributed by atoms with van der Waals surface area (Å²) >= 11 is 2.18. The van der Waals surface area contributed by atoms with Gasteiger partial charge in [0, 0.05) is 24.6 Å². The van der Waals surface area contributed by atoms with E-state index in [1.54, 1.807) is 6.08 Å². The molecule has 3 N–H and O–H groups in total. The van der Waals surface area contributed by atoms with Gasteiger partial charge in [0.25, 0.3) is 0 Å². The van der Waals surface area contributed by atoms with Gasteiger partial charge in [-0.25, -0.2) is 0 Å². The number of para-hydroxylation sites is 1. The van der Waals surface area contributed by atoms with Crippen molar-refractivity contribution < 1.29 is 24.5 Å². The largest absolute Gasteiger partial charge is 0.482 e. The monoisotopic (exact) mass is 618 g/mol. The molecule has 2 aliphatic carbocycles. The average Bonchev–Trinajstić information content (AvgIpc) is 2.91. The predicted octanol–water partition coefficient (Wildman–Crippen LogP) is 3.61. The van der Waals surface area contributed by atoms with Crippen LogP contribution in [0, 0.1) is 3.57 Å². The van der Waals surface area contributed by atoms with Crippen molar-refractivity contribution in [1.82, 2.24) is 10.2 Å². The van der Waals surface area contributed by atoms with Crippen molar-refractivity contribution in [2.75, 3.05) is 13.2 Å². The number of rotatable bonds is 9. The molecule has 0 aromatic heterocycles. The fourth-order valence-corrected chi connectivity index (χ4v) is 5.83.